The maximum Gasteiger partial charge on any atom is 0.162 e. The molecule has 0 unspecified atom stereocenters. The smallest absolute Gasteiger partial charge is 0.162 e. The van der Waals surface area contributed by atoms with Gasteiger partial charge in [-0.05, 0) is 36.4 Å². The van der Waals surface area contributed by atoms with Gasteiger partial charge >= 0.3 is 0 Å². The summed E-state index contributed by atoms with van der Waals surface area (Å²) in [6.45, 7) is 0.631. The summed E-state index contributed by atoms with van der Waals surface area (Å²) in [5.74, 6) is 3.21. The van der Waals surface area contributed by atoms with Gasteiger partial charge in [-0.1, -0.05) is 24.3 Å². The molecule has 0 fully saturated rings. The van der Waals surface area contributed by atoms with Crippen molar-refractivity contribution in [2.75, 3.05) is 19.1 Å². The quantitative estimate of drug-likeness (QED) is 0.532. The molecule has 0 saturated carbocycles. The molecule has 2 aromatic carbocycles. The van der Waals surface area contributed by atoms with Crippen LogP contribution in [0.4, 0.5) is 5.82 Å². The Kier molecular flexibility index (Phi) is 4.27. The summed E-state index contributed by atoms with van der Waals surface area (Å²) >= 11 is 0. The van der Waals surface area contributed by atoms with Crippen molar-refractivity contribution in [3.05, 3.63) is 72.7 Å². The van der Waals surface area contributed by atoms with Crippen LogP contribution in [0.15, 0.2) is 71.3 Å². The largest absolute Gasteiger partial charge is 0.497 e. The van der Waals surface area contributed by atoms with Crippen LogP contribution in [0.1, 0.15) is 5.76 Å². The van der Waals surface area contributed by atoms with E-state index in [9.17, 15) is 0 Å². The molecule has 0 aliphatic rings. The summed E-state index contributed by atoms with van der Waals surface area (Å²) in [7, 11) is 3.66. The Morgan fingerprint density at radius 1 is 1.00 bits per heavy atom. The van der Waals surface area contributed by atoms with Crippen molar-refractivity contribution in [3.63, 3.8) is 0 Å². The monoisotopic (exact) mass is 345 g/mol. The van der Waals surface area contributed by atoms with Crippen LogP contribution in [0.2, 0.25) is 0 Å². The third-order valence-corrected chi connectivity index (χ3v) is 4.25. The van der Waals surface area contributed by atoms with Gasteiger partial charge in [-0.15, -0.1) is 0 Å². The molecule has 0 spiro atoms. The average molecular weight is 345 g/mol. The van der Waals surface area contributed by atoms with Crippen LogP contribution in [-0.4, -0.2) is 24.1 Å². The first-order valence-corrected chi connectivity index (χ1v) is 8.39. The Labute approximate surface area is 151 Å². The lowest BCUT2D eigenvalue weighted by atomic mass is 10.1. The SMILES string of the molecule is COc1cccc(-c2nc(N(C)Cc3ccco3)c3ccccc3n2)c1. The van der Waals surface area contributed by atoms with E-state index in [0.29, 0.717) is 12.4 Å². The van der Waals surface area contributed by atoms with E-state index in [-0.39, 0.29) is 0 Å². The van der Waals surface area contributed by atoms with Crippen LogP contribution >= 0.6 is 0 Å². The fourth-order valence-corrected chi connectivity index (χ4v) is 2.95. The number of anilines is 1. The number of hydrogen-bond acceptors (Lipinski definition) is 5. The summed E-state index contributed by atoms with van der Waals surface area (Å²) in [5.41, 5.74) is 1.82. The highest BCUT2D eigenvalue weighted by Gasteiger charge is 2.14. The maximum absolute atomic E-state index is 5.48. The average Bonchev–Trinajstić information content (AvgIpc) is 3.20. The normalized spacial score (nSPS) is 10.8. The summed E-state index contributed by atoms with van der Waals surface area (Å²) in [5, 5.41) is 1.01. The maximum atomic E-state index is 5.48. The van der Waals surface area contributed by atoms with E-state index < -0.39 is 0 Å². The molecule has 2 aromatic heterocycles. The molecule has 0 radical (unpaired) electrons. The molecule has 130 valence electrons. The van der Waals surface area contributed by atoms with E-state index in [4.69, 9.17) is 19.1 Å². The summed E-state index contributed by atoms with van der Waals surface area (Å²) in [6, 6.07) is 19.7. The van der Waals surface area contributed by atoms with Gasteiger partial charge in [0.25, 0.3) is 0 Å². The number of nitrogens with zero attached hydrogens (tertiary/aromatic N) is 3. The molecule has 0 bridgehead atoms. The lowest BCUT2D eigenvalue weighted by Crippen LogP contribution is -2.18. The van der Waals surface area contributed by atoms with Crippen molar-refractivity contribution in [3.8, 4) is 17.1 Å². The number of methoxy groups -OCH3 is 1. The molecular formula is C21H19N3O2. The molecule has 0 saturated heterocycles. The van der Waals surface area contributed by atoms with Crippen molar-refractivity contribution in [2.24, 2.45) is 0 Å². The van der Waals surface area contributed by atoms with Gasteiger partial charge in [0.05, 0.1) is 25.4 Å². The molecule has 26 heavy (non-hydrogen) atoms. The van der Waals surface area contributed by atoms with Crippen molar-refractivity contribution in [1.82, 2.24) is 9.97 Å². The third-order valence-electron chi connectivity index (χ3n) is 4.25. The van der Waals surface area contributed by atoms with Crippen LogP contribution in [0, 0.1) is 0 Å². The Balaban J connectivity index is 1.82. The molecular weight excluding hydrogens is 326 g/mol. The van der Waals surface area contributed by atoms with Crippen LogP contribution in [-0.2, 0) is 6.54 Å². The summed E-state index contributed by atoms with van der Waals surface area (Å²) in [6.07, 6.45) is 1.68. The van der Waals surface area contributed by atoms with Crippen LogP contribution in [0.3, 0.4) is 0 Å². The topological polar surface area (TPSA) is 51.4 Å². The van der Waals surface area contributed by atoms with Gasteiger partial charge in [0.2, 0.25) is 0 Å². The van der Waals surface area contributed by atoms with E-state index in [1.165, 1.54) is 0 Å². The number of furan rings is 1. The standard InChI is InChI=1S/C21H19N3O2/c1-24(14-17-9-6-12-26-17)21-18-10-3-4-11-19(18)22-20(23-21)15-7-5-8-16(13-15)25-2/h3-13H,14H2,1-2H3. The fourth-order valence-electron chi connectivity index (χ4n) is 2.95. The van der Waals surface area contributed by atoms with E-state index >= 15 is 0 Å². The fraction of sp³-hybridized carbons (Fsp3) is 0.143. The van der Waals surface area contributed by atoms with Gasteiger partial charge in [-0.3, -0.25) is 0 Å². The lowest BCUT2D eigenvalue weighted by molar-refractivity contribution is 0.415. The van der Waals surface area contributed by atoms with Crippen LogP contribution < -0.4 is 9.64 Å². The molecule has 4 aromatic rings. The molecule has 0 aliphatic heterocycles. The Bertz CT molecular complexity index is 1030. The number of hydrogen-bond donors (Lipinski definition) is 0. The molecule has 5 heteroatoms. The highest BCUT2D eigenvalue weighted by atomic mass is 16.5. The Hall–Kier alpha value is -3.34. The number of aromatic nitrogens is 2. The van der Waals surface area contributed by atoms with Gasteiger partial charge in [0.15, 0.2) is 5.82 Å². The molecule has 5 nitrogen and oxygen atoms in total. The lowest BCUT2D eigenvalue weighted by Gasteiger charge is -2.19. The van der Waals surface area contributed by atoms with E-state index in [1.807, 2.05) is 67.7 Å². The molecule has 2 heterocycles. The summed E-state index contributed by atoms with van der Waals surface area (Å²) < 4.78 is 10.8. The van der Waals surface area contributed by atoms with Crippen molar-refractivity contribution < 1.29 is 9.15 Å². The van der Waals surface area contributed by atoms with E-state index in [2.05, 4.69) is 4.90 Å². The van der Waals surface area contributed by atoms with Crippen LogP contribution in [0.25, 0.3) is 22.3 Å². The first-order valence-electron chi connectivity index (χ1n) is 8.39. The molecule has 0 atom stereocenters. The Morgan fingerprint density at radius 2 is 1.88 bits per heavy atom. The highest BCUT2D eigenvalue weighted by molar-refractivity contribution is 5.91. The van der Waals surface area contributed by atoms with Gasteiger partial charge in [-0.25, -0.2) is 9.97 Å². The zero-order chi connectivity index (χ0) is 17.9. The van der Waals surface area contributed by atoms with E-state index in [1.54, 1.807) is 13.4 Å². The zero-order valence-electron chi connectivity index (χ0n) is 14.7. The van der Waals surface area contributed by atoms with Crippen LogP contribution in [0.5, 0.6) is 5.75 Å². The van der Waals surface area contributed by atoms with Crippen molar-refractivity contribution in [1.29, 1.82) is 0 Å². The van der Waals surface area contributed by atoms with Gasteiger partial charge in [-0.2, -0.15) is 0 Å². The minimum atomic E-state index is 0.631. The Morgan fingerprint density at radius 3 is 2.69 bits per heavy atom. The zero-order valence-corrected chi connectivity index (χ0v) is 14.7. The predicted octanol–water partition coefficient (Wildman–Crippen LogP) is 4.53. The number of rotatable bonds is 5. The molecule has 0 aliphatic carbocycles. The van der Waals surface area contributed by atoms with Gasteiger partial charge < -0.3 is 14.1 Å². The third kappa shape index (κ3) is 3.11. The molecule has 4 rings (SSSR count). The number of fused-ring (bicyclic) bond motifs is 1. The van der Waals surface area contributed by atoms with Crippen molar-refractivity contribution >= 4 is 16.7 Å². The second-order valence-electron chi connectivity index (χ2n) is 6.06. The predicted molar refractivity (Wildman–Crippen MR) is 102 cm³/mol. The van der Waals surface area contributed by atoms with Gasteiger partial charge in [0, 0.05) is 18.0 Å². The highest BCUT2D eigenvalue weighted by Crippen LogP contribution is 2.29. The molecule has 0 N–H and O–H groups in total. The number of para-hydroxylation sites is 1. The molecule has 0 amide bonds. The first-order chi connectivity index (χ1) is 12.7. The first kappa shape index (κ1) is 16.1. The second kappa shape index (κ2) is 6.88. The summed E-state index contributed by atoms with van der Waals surface area (Å²) in [4.78, 5) is 11.7. The second-order valence-corrected chi connectivity index (χ2v) is 6.06. The minimum absolute atomic E-state index is 0.631. The number of benzene rings is 2. The van der Waals surface area contributed by atoms with E-state index in [0.717, 1.165) is 33.8 Å². The van der Waals surface area contributed by atoms with Gasteiger partial charge in [0.1, 0.15) is 17.3 Å². The minimum Gasteiger partial charge on any atom is -0.497 e. The van der Waals surface area contributed by atoms with Crippen molar-refractivity contribution in [2.45, 2.75) is 6.54 Å². The number of ether oxygens (including phenoxy) is 1.